The summed E-state index contributed by atoms with van der Waals surface area (Å²) >= 11 is 0. The molecule has 0 aromatic heterocycles. The Hall–Kier alpha value is -2.87. The maximum absolute atomic E-state index is 13.4. The average molecular weight is 474 g/mol. The van der Waals surface area contributed by atoms with Crippen molar-refractivity contribution in [3.63, 3.8) is 0 Å². The van der Waals surface area contributed by atoms with Gasteiger partial charge in [-0.1, -0.05) is 55.8 Å². The van der Waals surface area contributed by atoms with Crippen LogP contribution in [0.25, 0.3) is 0 Å². The molecular formula is C25H35N3O4S. The molecule has 2 rings (SSSR count). The van der Waals surface area contributed by atoms with Crippen molar-refractivity contribution in [2.24, 2.45) is 0 Å². The molecule has 0 aliphatic carbocycles. The van der Waals surface area contributed by atoms with Crippen LogP contribution < -0.4 is 9.62 Å². The molecule has 2 aromatic rings. The lowest BCUT2D eigenvalue weighted by atomic mass is 10.1. The van der Waals surface area contributed by atoms with Gasteiger partial charge in [0.1, 0.15) is 12.6 Å². The number of carbonyl (C=O) groups excluding carboxylic acids is 2. The lowest BCUT2D eigenvalue weighted by molar-refractivity contribution is -0.139. The molecule has 2 amide bonds. The van der Waals surface area contributed by atoms with E-state index in [1.807, 2.05) is 57.2 Å². The van der Waals surface area contributed by atoms with Crippen molar-refractivity contribution >= 4 is 27.5 Å². The van der Waals surface area contributed by atoms with Crippen molar-refractivity contribution in [1.29, 1.82) is 0 Å². The Kier molecular flexibility index (Phi) is 9.46. The van der Waals surface area contributed by atoms with Gasteiger partial charge in [-0.05, 0) is 49.9 Å². The number of hydrogen-bond donors (Lipinski definition) is 1. The quantitative estimate of drug-likeness (QED) is 0.543. The third kappa shape index (κ3) is 7.60. The van der Waals surface area contributed by atoms with E-state index < -0.39 is 22.0 Å². The van der Waals surface area contributed by atoms with Gasteiger partial charge in [-0.2, -0.15) is 0 Å². The van der Waals surface area contributed by atoms with Gasteiger partial charge >= 0.3 is 0 Å². The van der Waals surface area contributed by atoms with Crippen molar-refractivity contribution in [3.05, 3.63) is 65.2 Å². The third-order valence-corrected chi connectivity index (χ3v) is 6.64. The Balaban J connectivity index is 2.34. The van der Waals surface area contributed by atoms with Gasteiger partial charge in [0, 0.05) is 13.1 Å². The van der Waals surface area contributed by atoms with E-state index in [2.05, 4.69) is 5.32 Å². The van der Waals surface area contributed by atoms with Crippen LogP contribution in [0, 0.1) is 6.92 Å². The van der Waals surface area contributed by atoms with Crippen LogP contribution in [-0.4, -0.2) is 50.5 Å². The predicted molar refractivity (Wildman–Crippen MR) is 133 cm³/mol. The van der Waals surface area contributed by atoms with Gasteiger partial charge in [-0.15, -0.1) is 0 Å². The lowest BCUT2D eigenvalue weighted by Gasteiger charge is -2.31. The van der Waals surface area contributed by atoms with Crippen LogP contribution in [0.15, 0.2) is 48.5 Å². The Morgan fingerprint density at radius 1 is 0.970 bits per heavy atom. The van der Waals surface area contributed by atoms with Crippen LogP contribution in [0.3, 0.4) is 0 Å². The monoisotopic (exact) mass is 473 g/mol. The zero-order valence-electron chi connectivity index (χ0n) is 20.2. The maximum atomic E-state index is 13.4. The summed E-state index contributed by atoms with van der Waals surface area (Å²) in [5.74, 6) is -0.713. The molecule has 2 aromatic carbocycles. The largest absolute Gasteiger partial charge is 0.354 e. The van der Waals surface area contributed by atoms with Crippen LogP contribution in [0.1, 0.15) is 43.9 Å². The number of amides is 2. The van der Waals surface area contributed by atoms with E-state index in [0.717, 1.165) is 40.1 Å². The molecule has 1 atom stereocenters. The van der Waals surface area contributed by atoms with E-state index in [1.54, 1.807) is 19.1 Å². The van der Waals surface area contributed by atoms with Gasteiger partial charge in [0.25, 0.3) is 0 Å². The molecule has 0 bridgehead atoms. The van der Waals surface area contributed by atoms with Crippen molar-refractivity contribution < 1.29 is 18.0 Å². The topological polar surface area (TPSA) is 86.8 Å². The first-order chi connectivity index (χ1) is 15.6. The molecule has 0 aliphatic rings. The van der Waals surface area contributed by atoms with Crippen LogP contribution in [0.2, 0.25) is 0 Å². The van der Waals surface area contributed by atoms with Gasteiger partial charge in [0.2, 0.25) is 21.8 Å². The lowest BCUT2D eigenvalue weighted by Crippen LogP contribution is -2.51. The van der Waals surface area contributed by atoms with E-state index in [4.69, 9.17) is 0 Å². The normalized spacial score (nSPS) is 12.2. The fraction of sp³-hybridized carbons (Fsp3) is 0.440. The molecular weight excluding hydrogens is 438 g/mol. The molecule has 1 N–H and O–H groups in total. The second-order valence-corrected chi connectivity index (χ2v) is 10.2. The minimum absolute atomic E-state index is 0.201. The summed E-state index contributed by atoms with van der Waals surface area (Å²) in [6.07, 6.45) is 2.68. The Morgan fingerprint density at radius 3 is 2.06 bits per heavy atom. The second kappa shape index (κ2) is 11.8. The number of nitrogens with one attached hydrogen (secondary N) is 1. The molecule has 33 heavy (non-hydrogen) atoms. The molecule has 7 nitrogen and oxygen atoms in total. The highest BCUT2D eigenvalue weighted by molar-refractivity contribution is 7.92. The highest BCUT2D eigenvalue weighted by Gasteiger charge is 2.29. The molecule has 0 radical (unpaired) electrons. The molecule has 0 unspecified atom stereocenters. The zero-order chi connectivity index (χ0) is 24.6. The summed E-state index contributed by atoms with van der Waals surface area (Å²) in [5, 5.41) is 2.83. The van der Waals surface area contributed by atoms with Gasteiger partial charge < -0.3 is 10.2 Å². The molecule has 0 fully saturated rings. The third-order valence-electron chi connectivity index (χ3n) is 5.50. The SMILES string of the molecule is CCCNC(=O)[C@H](C)N(Cc1ccc(C)cc1)C(=O)CN(c1ccc(CC)cc1)S(C)(=O)=O. The smallest absolute Gasteiger partial charge is 0.244 e. The summed E-state index contributed by atoms with van der Waals surface area (Å²) in [6, 6.07) is 14.0. The highest BCUT2D eigenvalue weighted by Crippen LogP contribution is 2.20. The summed E-state index contributed by atoms with van der Waals surface area (Å²) in [4.78, 5) is 27.5. The van der Waals surface area contributed by atoms with E-state index in [0.29, 0.717) is 12.2 Å². The van der Waals surface area contributed by atoms with Crippen LogP contribution in [-0.2, 0) is 32.6 Å². The van der Waals surface area contributed by atoms with Crippen molar-refractivity contribution in [3.8, 4) is 0 Å². The van der Waals surface area contributed by atoms with Crippen LogP contribution >= 0.6 is 0 Å². The molecule has 0 aliphatic heterocycles. The van der Waals surface area contributed by atoms with E-state index in [-0.39, 0.29) is 19.0 Å². The number of sulfonamides is 1. The molecule has 0 heterocycles. The van der Waals surface area contributed by atoms with Gasteiger partial charge in [-0.3, -0.25) is 13.9 Å². The first-order valence-corrected chi connectivity index (χ1v) is 13.1. The first-order valence-electron chi connectivity index (χ1n) is 11.3. The minimum Gasteiger partial charge on any atom is -0.354 e. The summed E-state index contributed by atoms with van der Waals surface area (Å²) < 4.78 is 26.2. The van der Waals surface area contributed by atoms with E-state index in [1.165, 1.54) is 4.90 Å². The molecule has 0 saturated heterocycles. The number of aryl methyl sites for hydroxylation is 2. The summed E-state index contributed by atoms with van der Waals surface area (Å²) in [6.45, 7) is 7.93. The second-order valence-electron chi connectivity index (χ2n) is 8.26. The van der Waals surface area contributed by atoms with Crippen molar-refractivity contribution in [2.75, 3.05) is 23.7 Å². The average Bonchev–Trinajstić information content (AvgIpc) is 2.79. The maximum Gasteiger partial charge on any atom is 0.244 e. The number of hydrogen-bond acceptors (Lipinski definition) is 4. The fourth-order valence-electron chi connectivity index (χ4n) is 3.38. The fourth-order valence-corrected chi connectivity index (χ4v) is 4.23. The summed E-state index contributed by atoms with van der Waals surface area (Å²) in [5.41, 5.74) is 3.44. The van der Waals surface area contributed by atoms with Gasteiger partial charge in [0.05, 0.1) is 11.9 Å². The molecule has 180 valence electrons. The van der Waals surface area contributed by atoms with Crippen molar-refractivity contribution in [2.45, 2.75) is 53.1 Å². The molecule has 8 heteroatoms. The predicted octanol–water partition coefficient (Wildman–Crippen LogP) is 3.27. The first kappa shape index (κ1) is 26.4. The Labute approximate surface area is 197 Å². The minimum atomic E-state index is -3.72. The van der Waals surface area contributed by atoms with Crippen LogP contribution in [0.5, 0.6) is 0 Å². The highest BCUT2D eigenvalue weighted by atomic mass is 32.2. The molecule has 0 saturated carbocycles. The number of anilines is 1. The van der Waals surface area contributed by atoms with Gasteiger partial charge in [-0.25, -0.2) is 8.42 Å². The summed E-state index contributed by atoms with van der Waals surface area (Å²) in [7, 11) is -3.72. The number of benzene rings is 2. The number of rotatable bonds is 11. The van der Waals surface area contributed by atoms with E-state index >= 15 is 0 Å². The zero-order valence-corrected chi connectivity index (χ0v) is 21.0. The Morgan fingerprint density at radius 2 is 1.55 bits per heavy atom. The number of nitrogens with zero attached hydrogens (tertiary/aromatic N) is 2. The van der Waals surface area contributed by atoms with E-state index in [9.17, 15) is 18.0 Å². The molecule has 0 spiro atoms. The Bertz CT molecular complexity index is 1030. The van der Waals surface area contributed by atoms with Crippen LogP contribution in [0.4, 0.5) is 5.69 Å². The van der Waals surface area contributed by atoms with Crippen molar-refractivity contribution in [1.82, 2.24) is 10.2 Å². The van der Waals surface area contributed by atoms with Gasteiger partial charge in [0.15, 0.2) is 0 Å². The number of carbonyl (C=O) groups is 2. The standard InChI is InChI=1S/C25H35N3O4S/c1-6-16-26-25(30)20(4)27(17-22-10-8-19(3)9-11-22)24(29)18-28(33(5,31)32)23-14-12-21(7-2)13-15-23/h8-15,20H,6-7,16-18H2,1-5H3,(H,26,30)/t20-/m0/s1.